The molecule has 2 aromatic carbocycles. The van der Waals surface area contributed by atoms with Crippen LogP contribution in [-0.4, -0.2) is 35.9 Å². The minimum absolute atomic E-state index is 0.0531. The van der Waals surface area contributed by atoms with Crippen molar-refractivity contribution in [1.82, 2.24) is 10.2 Å². The van der Waals surface area contributed by atoms with E-state index in [4.69, 9.17) is 4.74 Å². The molecule has 0 aliphatic carbocycles. The summed E-state index contributed by atoms with van der Waals surface area (Å²) in [6.45, 7) is 10.4. The fourth-order valence-electron chi connectivity index (χ4n) is 3.58. The fraction of sp³-hybridized carbons (Fsp3) is 0.462. The van der Waals surface area contributed by atoms with Crippen LogP contribution in [-0.2, 0) is 22.6 Å². The topological polar surface area (TPSA) is 58.6 Å². The van der Waals surface area contributed by atoms with Gasteiger partial charge < -0.3 is 15.0 Å². The third-order valence-corrected chi connectivity index (χ3v) is 5.72. The summed E-state index contributed by atoms with van der Waals surface area (Å²) in [7, 11) is 1.62. The van der Waals surface area contributed by atoms with E-state index in [9.17, 15) is 9.59 Å². The molecule has 0 fully saturated rings. The van der Waals surface area contributed by atoms with E-state index in [0.29, 0.717) is 13.0 Å². The molecule has 0 heterocycles. The van der Waals surface area contributed by atoms with Gasteiger partial charge >= 0.3 is 0 Å². The lowest BCUT2D eigenvalue weighted by molar-refractivity contribution is -0.141. The Morgan fingerprint density at radius 3 is 2.45 bits per heavy atom. The van der Waals surface area contributed by atoms with Crippen molar-refractivity contribution in [2.24, 2.45) is 0 Å². The maximum atomic E-state index is 13.5. The molecule has 5 nitrogen and oxygen atoms in total. The molecule has 0 spiro atoms. The normalized spacial score (nSPS) is 12.7. The van der Waals surface area contributed by atoms with Gasteiger partial charge in [0.25, 0.3) is 0 Å². The van der Waals surface area contributed by atoms with Gasteiger partial charge in [0, 0.05) is 12.6 Å². The number of amides is 2. The zero-order valence-electron chi connectivity index (χ0n) is 19.7. The van der Waals surface area contributed by atoms with Crippen LogP contribution in [0.5, 0.6) is 5.75 Å². The zero-order chi connectivity index (χ0) is 23.0. The van der Waals surface area contributed by atoms with Gasteiger partial charge in [-0.3, -0.25) is 9.59 Å². The van der Waals surface area contributed by atoms with Crippen molar-refractivity contribution in [2.45, 2.75) is 72.5 Å². The number of rotatable bonds is 10. The van der Waals surface area contributed by atoms with Gasteiger partial charge in [-0.05, 0) is 62.4 Å². The molecule has 1 N–H and O–H groups in total. The van der Waals surface area contributed by atoms with Crippen LogP contribution in [0.1, 0.15) is 55.9 Å². The van der Waals surface area contributed by atoms with Crippen LogP contribution < -0.4 is 10.1 Å². The number of nitrogens with one attached hydrogen (secondary N) is 1. The molecular weight excluding hydrogens is 388 g/mol. The predicted octanol–water partition coefficient (Wildman–Crippen LogP) is 4.58. The van der Waals surface area contributed by atoms with E-state index in [1.807, 2.05) is 71.0 Å². The van der Waals surface area contributed by atoms with Gasteiger partial charge in [-0.2, -0.15) is 0 Å². The molecule has 168 valence electrons. The second-order valence-electron chi connectivity index (χ2n) is 8.22. The summed E-state index contributed by atoms with van der Waals surface area (Å²) in [5.74, 6) is 0.577. The van der Waals surface area contributed by atoms with E-state index in [1.54, 1.807) is 12.0 Å². The summed E-state index contributed by atoms with van der Waals surface area (Å²) < 4.78 is 5.34. The van der Waals surface area contributed by atoms with Crippen molar-refractivity contribution in [3.05, 3.63) is 64.7 Å². The molecule has 0 aliphatic heterocycles. The van der Waals surface area contributed by atoms with Gasteiger partial charge in [0.1, 0.15) is 11.8 Å². The molecular formula is C26H36N2O3. The molecule has 0 saturated carbocycles. The highest BCUT2D eigenvalue weighted by Gasteiger charge is 2.29. The lowest BCUT2D eigenvalue weighted by atomic mass is 10.0. The largest absolute Gasteiger partial charge is 0.497 e. The molecule has 2 rings (SSSR count). The SMILES string of the molecule is CC[C@H](C)NC(=O)[C@H](CC)N(Cc1cccc(OC)c1)C(=O)Cc1cc(C)ccc1C. The molecule has 5 heteroatoms. The average molecular weight is 425 g/mol. The second kappa shape index (κ2) is 11.5. The van der Waals surface area contributed by atoms with E-state index in [-0.39, 0.29) is 24.3 Å². The van der Waals surface area contributed by atoms with E-state index in [1.165, 1.54) is 0 Å². The summed E-state index contributed by atoms with van der Waals surface area (Å²) in [6.07, 6.45) is 1.66. The Labute approximate surface area is 186 Å². The Kier molecular flexibility index (Phi) is 9.10. The van der Waals surface area contributed by atoms with Gasteiger partial charge in [-0.15, -0.1) is 0 Å². The summed E-state index contributed by atoms with van der Waals surface area (Å²) in [4.78, 5) is 28.3. The Bertz CT molecular complexity index is 894. The molecule has 0 aliphatic rings. The number of methoxy groups -OCH3 is 1. The Hall–Kier alpha value is -2.82. The summed E-state index contributed by atoms with van der Waals surface area (Å²) in [5.41, 5.74) is 4.13. The Morgan fingerprint density at radius 2 is 1.81 bits per heavy atom. The monoisotopic (exact) mass is 424 g/mol. The molecule has 0 saturated heterocycles. The average Bonchev–Trinajstić information content (AvgIpc) is 2.76. The fourth-order valence-corrected chi connectivity index (χ4v) is 3.58. The highest BCUT2D eigenvalue weighted by atomic mass is 16.5. The van der Waals surface area contributed by atoms with Crippen molar-refractivity contribution in [3.8, 4) is 5.75 Å². The number of hydrogen-bond donors (Lipinski definition) is 1. The maximum Gasteiger partial charge on any atom is 0.243 e. The first-order chi connectivity index (χ1) is 14.8. The molecule has 2 atom stereocenters. The highest BCUT2D eigenvalue weighted by Crippen LogP contribution is 2.20. The standard InChI is InChI=1S/C26H36N2O3/c1-7-20(5)27-26(30)24(8-2)28(17-21-10-9-11-23(15-21)31-6)25(29)16-22-14-18(3)12-13-19(22)4/h9-15,20,24H,7-8,16-17H2,1-6H3,(H,27,30)/t20-,24-/m0/s1. The first kappa shape index (κ1) is 24.4. The van der Waals surface area contributed by atoms with Crippen LogP contribution in [0.2, 0.25) is 0 Å². The van der Waals surface area contributed by atoms with Crippen molar-refractivity contribution in [2.75, 3.05) is 7.11 Å². The first-order valence-electron chi connectivity index (χ1n) is 11.1. The number of ether oxygens (including phenoxy) is 1. The van der Waals surface area contributed by atoms with E-state index in [2.05, 4.69) is 11.4 Å². The number of hydrogen-bond acceptors (Lipinski definition) is 3. The van der Waals surface area contributed by atoms with E-state index >= 15 is 0 Å². The van der Waals surface area contributed by atoms with Crippen molar-refractivity contribution >= 4 is 11.8 Å². The Balaban J connectivity index is 2.35. The maximum absolute atomic E-state index is 13.5. The van der Waals surface area contributed by atoms with Crippen LogP contribution >= 0.6 is 0 Å². The van der Waals surface area contributed by atoms with Crippen LogP contribution in [0, 0.1) is 13.8 Å². The zero-order valence-corrected chi connectivity index (χ0v) is 19.7. The number of carbonyl (C=O) groups is 2. The third-order valence-electron chi connectivity index (χ3n) is 5.72. The number of aryl methyl sites for hydroxylation is 2. The minimum atomic E-state index is -0.530. The minimum Gasteiger partial charge on any atom is -0.497 e. The van der Waals surface area contributed by atoms with Gasteiger partial charge in [-0.25, -0.2) is 0 Å². The molecule has 0 unspecified atom stereocenters. The molecule has 0 bridgehead atoms. The summed E-state index contributed by atoms with van der Waals surface area (Å²) in [5, 5.41) is 3.05. The molecule has 0 aromatic heterocycles. The summed E-state index contributed by atoms with van der Waals surface area (Å²) in [6, 6.07) is 13.3. The van der Waals surface area contributed by atoms with Crippen LogP contribution in [0.4, 0.5) is 0 Å². The summed E-state index contributed by atoms with van der Waals surface area (Å²) >= 11 is 0. The first-order valence-corrected chi connectivity index (χ1v) is 11.1. The number of carbonyl (C=O) groups excluding carboxylic acids is 2. The molecule has 31 heavy (non-hydrogen) atoms. The predicted molar refractivity (Wildman–Crippen MR) is 125 cm³/mol. The molecule has 2 aromatic rings. The van der Waals surface area contributed by atoms with Crippen LogP contribution in [0.3, 0.4) is 0 Å². The lowest BCUT2D eigenvalue weighted by Crippen LogP contribution is -2.51. The lowest BCUT2D eigenvalue weighted by Gasteiger charge is -2.32. The number of nitrogens with zero attached hydrogens (tertiary/aromatic N) is 1. The Morgan fingerprint density at radius 1 is 1.06 bits per heavy atom. The molecule has 0 radical (unpaired) electrons. The smallest absolute Gasteiger partial charge is 0.243 e. The van der Waals surface area contributed by atoms with Gasteiger partial charge in [0.05, 0.1) is 13.5 Å². The van der Waals surface area contributed by atoms with E-state index in [0.717, 1.165) is 34.4 Å². The van der Waals surface area contributed by atoms with Gasteiger partial charge in [0.2, 0.25) is 11.8 Å². The van der Waals surface area contributed by atoms with Crippen LogP contribution in [0.25, 0.3) is 0 Å². The quantitative estimate of drug-likeness (QED) is 0.607. The van der Waals surface area contributed by atoms with Crippen molar-refractivity contribution in [1.29, 1.82) is 0 Å². The van der Waals surface area contributed by atoms with Gasteiger partial charge in [0.15, 0.2) is 0 Å². The van der Waals surface area contributed by atoms with E-state index < -0.39 is 6.04 Å². The number of benzene rings is 2. The third kappa shape index (κ3) is 6.84. The van der Waals surface area contributed by atoms with Gasteiger partial charge in [-0.1, -0.05) is 49.7 Å². The van der Waals surface area contributed by atoms with Crippen LogP contribution in [0.15, 0.2) is 42.5 Å². The second-order valence-corrected chi connectivity index (χ2v) is 8.22. The van der Waals surface area contributed by atoms with Crippen molar-refractivity contribution in [3.63, 3.8) is 0 Å². The highest BCUT2D eigenvalue weighted by molar-refractivity contribution is 5.88. The van der Waals surface area contributed by atoms with Crippen molar-refractivity contribution < 1.29 is 14.3 Å². The molecule has 2 amide bonds.